The lowest BCUT2D eigenvalue weighted by atomic mass is 9.81. The van der Waals surface area contributed by atoms with E-state index in [-0.39, 0.29) is 24.1 Å². The number of aromatic nitrogens is 1. The third-order valence-corrected chi connectivity index (χ3v) is 8.19. The van der Waals surface area contributed by atoms with Gasteiger partial charge in [-0.3, -0.25) is 14.6 Å². The van der Waals surface area contributed by atoms with Gasteiger partial charge in [-0.05, 0) is 93.1 Å². The molecule has 0 radical (unpaired) electrons. The molecule has 1 aliphatic rings. The maximum atomic E-state index is 14.0. The molecular formula is C33H31F7N2O3. The van der Waals surface area contributed by atoms with Crippen LogP contribution in [0.2, 0.25) is 0 Å². The molecule has 0 saturated heterocycles. The van der Waals surface area contributed by atoms with E-state index in [0.717, 1.165) is 10.5 Å². The number of aliphatic carboxylic acids is 1. The second-order valence-electron chi connectivity index (χ2n) is 11.8. The lowest BCUT2D eigenvalue weighted by molar-refractivity contribution is -0.143. The molecule has 1 heterocycles. The Hall–Kier alpha value is -4.22. The molecule has 1 amide bonds. The number of hydrogen-bond acceptors (Lipinski definition) is 3. The van der Waals surface area contributed by atoms with E-state index in [2.05, 4.69) is 4.98 Å². The van der Waals surface area contributed by atoms with E-state index in [0.29, 0.717) is 53.8 Å². The standard InChI is InChI=1S/C33H31F7N2O3/c1-18-11-24(34)9-10-25(18)26-16-27(20-7-5-19(6-8-20)12-29(43)44)41-17-28(26)42(4)30(45)31(2,3)21-13-22(32(35,36)37)15-23(14-21)33(38,39)40/h5,9-11,13-17,20H,6-8,12H2,1-4H3,(H,43,44)/t20-/m0/s1. The number of aryl methyl sites for hydroxylation is 1. The van der Waals surface area contributed by atoms with Crippen LogP contribution in [0.5, 0.6) is 0 Å². The van der Waals surface area contributed by atoms with Crippen LogP contribution in [0.15, 0.2) is 60.3 Å². The second-order valence-corrected chi connectivity index (χ2v) is 11.8. The highest BCUT2D eigenvalue weighted by Gasteiger charge is 2.41. The lowest BCUT2D eigenvalue weighted by Crippen LogP contribution is -2.42. The van der Waals surface area contributed by atoms with Crippen LogP contribution in [0.3, 0.4) is 0 Å². The van der Waals surface area contributed by atoms with Crippen molar-refractivity contribution in [3.8, 4) is 11.1 Å². The van der Waals surface area contributed by atoms with Crippen molar-refractivity contribution in [2.45, 2.75) is 70.1 Å². The first-order valence-corrected chi connectivity index (χ1v) is 14.0. The molecular weight excluding hydrogens is 605 g/mol. The van der Waals surface area contributed by atoms with Crippen molar-refractivity contribution in [1.29, 1.82) is 0 Å². The Morgan fingerprint density at radius 1 is 0.933 bits per heavy atom. The Balaban J connectivity index is 1.79. The monoisotopic (exact) mass is 636 g/mol. The summed E-state index contributed by atoms with van der Waals surface area (Å²) in [7, 11) is 1.35. The molecule has 0 unspecified atom stereocenters. The van der Waals surface area contributed by atoms with Crippen molar-refractivity contribution in [1.82, 2.24) is 4.98 Å². The highest BCUT2D eigenvalue weighted by Crippen LogP contribution is 2.42. The van der Waals surface area contributed by atoms with Gasteiger partial charge in [0.1, 0.15) is 5.82 Å². The molecule has 2 aromatic carbocycles. The lowest BCUT2D eigenvalue weighted by Gasteiger charge is -2.32. The Kier molecular flexibility index (Phi) is 9.19. The third kappa shape index (κ3) is 7.37. The minimum absolute atomic E-state index is 0.0108. The van der Waals surface area contributed by atoms with E-state index < -0.39 is 52.2 Å². The number of pyridine rings is 1. The Labute approximate surface area is 255 Å². The number of carbonyl (C=O) groups excluding carboxylic acids is 1. The topological polar surface area (TPSA) is 70.5 Å². The van der Waals surface area contributed by atoms with Crippen LogP contribution in [0, 0.1) is 12.7 Å². The molecule has 1 N–H and O–H groups in total. The molecule has 1 aliphatic carbocycles. The second kappa shape index (κ2) is 12.3. The van der Waals surface area contributed by atoms with Crippen LogP contribution in [0.1, 0.15) is 73.4 Å². The van der Waals surface area contributed by atoms with Crippen molar-refractivity contribution in [2.75, 3.05) is 11.9 Å². The molecule has 45 heavy (non-hydrogen) atoms. The van der Waals surface area contributed by atoms with Crippen molar-refractivity contribution >= 4 is 17.6 Å². The number of likely N-dealkylation sites (N-methyl/N-ethyl adjacent to an activating group) is 1. The van der Waals surface area contributed by atoms with E-state index >= 15 is 0 Å². The molecule has 0 saturated carbocycles. The summed E-state index contributed by atoms with van der Waals surface area (Å²) < 4.78 is 95.6. The van der Waals surface area contributed by atoms with Crippen molar-refractivity contribution < 1.29 is 45.4 Å². The van der Waals surface area contributed by atoms with E-state index in [1.54, 1.807) is 13.0 Å². The first-order chi connectivity index (χ1) is 20.8. The van der Waals surface area contributed by atoms with Gasteiger partial charge in [0.2, 0.25) is 5.91 Å². The number of hydrogen-bond donors (Lipinski definition) is 1. The number of allylic oxidation sites excluding steroid dienone is 1. The molecule has 3 aromatic rings. The number of halogens is 7. The zero-order valence-electron chi connectivity index (χ0n) is 24.9. The number of anilines is 1. The van der Waals surface area contributed by atoms with Gasteiger partial charge in [-0.25, -0.2) is 4.39 Å². The van der Waals surface area contributed by atoms with Crippen molar-refractivity contribution in [3.05, 3.63) is 94.1 Å². The van der Waals surface area contributed by atoms with E-state index in [1.807, 2.05) is 6.08 Å². The van der Waals surface area contributed by atoms with Gasteiger partial charge in [-0.2, -0.15) is 26.3 Å². The van der Waals surface area contributed by atoms with Crippen LogP contribution < -0.4 is 4.90 Å². The van der Waals surface area contributed by atoms with Gasteiger partial charge in [0.05, 0.1) is 34.8 Å². The zero-order valence-corrected chi connectivity index (χ0v) is 24.9. The van der Waals surface area contributed by atoms with Gasteiger partial charge < -0.3 is 10.0 Å². The molecule has 0 aliphatic heterocycles. The molecule has 0 fully saturated rings. The van der Waals surface area contributed by atoms with Crippen LogP contribution >= 0.6 is 0 Å². The summed E-state index contributed by atoms with van der Waals surface area (Å²) in [6.45, 7) is 4.15. The Morgan fingerprint density at radius 2 is 1.53 bits per heavy atom. The minimum atomic E-state index is -5.09. The fourth-order valence-corrected chi connectivity index (χ4v) is 5.58. The fourth-order valence-electron chi connectivity index (χ4n) is 5.58. The van der Waals surface area contributed by atoms with E-state index in [9.17, 15) is 40.3 Å². The normalized spacial score (nSPS) is 15.9. The average Bonchev–Trinajstić information content (AvgIpc) is 2.95. The average molecular weight is 637 g/mol. The summed E-state index contributed by atoms with van der Waals surface area (Å²) >= 11 is 0. The highest BCUT2D eigenvalue weighted by molar-refractivity contribution is 6.03. The summed E-state index contributed by atoms with van der Waals surface area (Å²) in [5.74, 6) is -2.30. The van der Waals surface area contributed by atoms with Gasteiger partial charge >= 0.3 is 18.3 Å². The van der Waals surface area contributed by atoms with Crippen molar-refractivity contribution in [3.63, 3.8) is 0 Å². The molecule has 5 nitrogen and oxygen atoms in total. The maximum Gasteiger partial charge on any atom is 0.416 e. The van der Waals surface area contributed by atoms with Crippen molar-refractivity contribution in [2.24, 2.45) is 0 Å². The van der Waals surface area contributed by atoms with Gasteiger partial charge in [-0.15, -0.1) is 0 Å². The highest BCUT2D eigenvalue weighted by atomic mass is 19.4. The van der Waals surface area contributed by atoms with Crippen LogP contribution in [-0.4, -0.2) is 29.0 Å². The van der Waals surface area contributed by atoms with Crippen LogP contribution in [0.25, 0.3) is 11.1 Å². The van der Waals surface area contributed by atoms with Crippen LogP contribution in [-0.2, 0) is 27.4 Å². The number of carboxylic acid groups (broad SMARTS) is 1. The number of amides is 1. The summed E-state index contributed by atoms with van der Waals surface area (Å²) in [5, 5.41) is 9.10. The summed E-state index contributed by atoms with van der Waals surface area (Å²) in [6, 6.07) is 6.89. The number of carboxylic acids is 1. The third-order valence-electron chi connectivity index (χ3n) is 8.19. The molecule has 1 aromatic heterocycles. The minimum Gasteiger partial charge on any atom is -0.481 e. The number of carbonyl (C=O) groups is 2. The number of rotatable bonds is 7. The largest absolute Gasteiger partial charge is 0.481 e. The maximum absolute atomic E-state index is 14.0. The molecule has 0 spiro atoms. The molecule has 240 valence electrons. The van der Waals surface area contributed by atoms with Gasteiger partial charge in [0.15, 0.2) is 0 Å². The van der Waals surface area contributed by atoms with Gasteiger partial charge in [0.25, 0.3) is 0 Å². The fraction of sp³-hybridized carbons (Fsp3) is 0.364. The summed E-state index contributed by atoms with van der Waals surface area (Å²) in [6.07, 6.45) is -5.27. The van der Waals surface area contributed by atoms with Crippen LogP contribution in [0.4, 0.5) is 36.4 Å². The molecule has 1 atom stereocenters. The predicted octanol–water partition coefficient (Wildman–Crippen LogP) is 8.84. The summed E-state index contributed by atoms with van der Waals surface area (Å²) in [4.78, 5) is 30.7. The SMILES string of the molecule is Cc1cc(F)ccc1-c1cc([C@H]2CC=C(CC(=O)O)CC2)ncc1N(C)C(=O)C(C)(C)c1cc(C(F)(F)F)cc(C(F)(F)F)c1. The Morgan fingerprint density at radius 3 is 2.04 bits per heavy atom. The predicted molar refractivity (Wildman–Crippen MR) is 154 cm³/mol. The molecule has 0 bridgehead atoms. The molecule has 12 heteroatoms. The van der Waals surface area contributed by atoms with E-state index in [4.69, 9.17) is 5.11 Å². The zero-order chi connectivity index (χ0) is 33.5. The first-order valence-electron chi connectivity index (χ1n) is 14.0. The first kappa shape index (κ1) is 33.7. The van der Waals surface area contributed by atoms with Gasteiger partial charge in [-0.1, -0.05) is 17.7 Å². The smallest absolute Gasteiger partial charge is 0.416 e. The quantitative estimate of drug-likeness (QED) is 0.208. The number of alkyl halides is 6. The summed E-state index contributed by atoms with van der Waals surface area (Å²) in [5.41, 5.74) is -2.20. The van der Waals surface area contributed by atoms with E-state index in [1.165, 1.54) is 45.3 Å². The number of benzene rings is 2. The Bertz CT molecular complexity index is 1630. The molecule has 4 rings (SSSR count). The number of nitrogens with zero attached hydrogens (tertiary/aromatic N) is 2. The van der Waals surface area contributed by atoms with Gasteiger partial charge in [0, 0.05) is 24.2 Å².